The van der Waals surface area contributed by atoms with E-state index in [2.05, 4.69) is 40.0 Å². The van der Waals surface area contributed by atoms with E-state index in [9.17, 15) is 44.1 Å². The predicted molar refractivity (Wildman–Crippen MR) is 446 cm³/mol. The van der Waals surface area contributed by atoms with E-state index in [0.29, 0.717) is 105 Å². The van der Waals surface area contributed by atoms with Gasteiger partial charge in [0.25, 0.3) is 16.7 Å². The van der Waals surface area contributed by atoms with Crippen molar-refractivity contribution in [1.29, 1.82) is 0 Å². The van der Waals surface area contributed by atoms with Gasteiger partial charge in [-0.05, 0) is 276 Å². The Kier molecular flexibility index (Phi) is 21.5. The number of hydrogen-bond acceptors (Lipinski definition) is 15. The number of carbonyl (C=O) groups is 3. The van der Waals surface area contributed by atoms with Gasteiger partial charge in [-0.3, -0.25) is 33.9 Å². The number of aliphatic carboxylic acids is 3. The molecule has 15 aliphatic rings. The number of carboxylic acid groups (broad SMARTS) is 3. The Morgan fingerprint density at radius 3 is 0.877 bits per heavy atom. The van der Waals surface area contributed by atoms with Crippen LogP contribution in [0.15, 0.2) is 87.2 Å². The van der Waals surface area contributed by atoms with Gasteiger partial charge in [-0.15, -0.1) is 0 Å². The minimum atomic E-state index is -0.873. The lowest BCUT2D eigenvalue weighted by Crippen LogP contribution is -2.59. The van der Waals surface area contributed by atoms with Crippen molar-refractivity contribution in [3.05, 3.63) is 104 Å². The fourth-order valence-electron chi connectivity index (χ4n) is 27.9. The third-order valence-corrected chi connectivity index (χ3v) is 32.8. The van der Waals surface area contributed by atoms with E-state index in [1.807, 2.05) is 86.8 Å². The number of anilines is 3. The van der Waals surface area contributed by atoms with Gasteiger partial charge in [0.15, 0.2) is 17.5 Å². The van der Waals surface area contributed by atoms with Crippen molar-refractivity contribution >= 4 is 68.5 Å². The van der Waals surface area contributed by atoms with Crippen LogP contribution in [0.5, 0.6) is 0 Å². The number of para-hydroxylation sites is 6. The van der Waals surface area contributed by atoms with E-state index in [1.165, 1.54) is 173 Å². The number of rotatable bonds is 15. The second-order valence-corrected chi connectivity index (χ2v) is 39.4. The molecule has 612 valence electrons. The zero-order valence-electron chi connectivity index (χ0n) is 68.0. The average Bonchev–Trinajstić information content (AvgIpc) is 0.747. The first-order valence-electron chi connectivity index (χ1n) is 45.8. The molecule has 23 atom stereocenters. The molecule has 9 saturated heterocycles. The molecule has 21 heteroatoms. The van der Waals surface area contributed by atoms with Crippen molar-refractivity contribution in [1.82, 2.24) is 43.4 Å². The molecular weight excluding hydrogens is 1430 g/mol. The Hall–Kier alpha value is -7.23. The highest BCUT2D eigenvalue weighted by Crippen LogP contribution is 2.54. The molecule has 6 aromatic rings. The number of carboxylic acids is 3. The summed E-state index contributed by atoms with van der Waals surface area (Å²) in [5.41, 5.74) is 4.86. The van der Waals surface area contributed by atoms with E-state index in [4.69, 9.17) is 15.0 Å². The zero-order chi connectivity index (χ0) is 77.9. The van der Waals surface area contributed by atoms with Crippen LogP contribution in [-0.4, -0.2) is 169 Å². The molecule has 6 saturated carbocycles. The summed E-state index contributed by atoms with van der Waals surface area (Å²) in [4.78, 5) is 105. The van der Waals surface area contributed by atoms with Gasteiger partial charge in [-0.1, -0.05) is 95.7 Å². The largest absolute Gasteiger partial charge is 0.481 e. The Balaban J connectivity index is 0.000000115. The average molecular weight is 1560 g/mol. The van der Waals surface area contributed by atoms with E-state index in [-0.39, 0.29) is 34.8 Å². The third-order valence-electron chi connectivity index (χ3n) is 32.8. The molecule has 9 aliphatic heterocycles. The Morgan fingerprint density at radius 2 is 0.614 bits per heavy atom. The SMILES string of the molecule is CCC1C[C@@H]2CC(N3[C@@H]4CCC[C@H]3CC(n3c(=O)c(N5CC(C(=O)O)C5)nc5ccccc53)C4)C[C@H](C1)C2.CCC1C[C@@H]2CC(N3[C@@H]4CCC[C@H]3CC(n3c(=O)c(N5CC[C@@H]5C(=O)O)nc5ccccc53)C4)C[C@H](C1)C2.CCC1C[C@@H]2CC(N3[C@@H]4CCC[C@H]3CC(n3c(=O)c(N5CC[C@H]5C(=O)O)nc5ccccc53)C4)C[C@H](C1)C2. The maximum Gasteiger partial charge on any atom is 0.326 e. The monoisotopic (exact) mass is 1550 g/mol. The quantitative estimate of drug-likeness (QED) is 0.0866. The van der Waals surface area contributed by atoms with Crippen LogP contribution < -0.4 is 31.4 Å². The minimum Gasteiger partial charge on any atom is -0.481 e. The predicted octanol–water partition coefficient (Wildman–Crippen LogP) is 15.5. The van der Waals surface area contributed by atoms with Crippen LogP contribution in [0.25, 0.3) is 33.1 Å². The van der Waals surface area contributed by atoms with Crippen molar-refractivity contribution < 1.29 is 29.7 Å². The molecule has 114 heavy (non-hydrogen) atoms. The van der Waals surface area contributed by atoms with Crippen LogP contribution in [0, 0.1) is 59.2 Å². The molecule has 9 unspecified atom stereocenters. The van der Waals surface area contributed by atoms with Gasteiger partial charge in [0.1, 0.15) is 12.1 Å². The number of fused-ring (bicyclic) bond motifs is 15. The van der Waals surface area contributed by atoms with Crippen LogP contribution in [-0.2, 0) is 14.4 Å². The molecule has 15 fully saturated rings. The van der Waals surface area contributed by atoms with Crippen LogP contribution >= 0.6 is 0 Å². The Morgan fingerprint density at radius 1 is 0.333 bits per heavy atom. The molecule has 3 aromatic heterocycles. The minimum absolute atomic E-state index is 0.0399. The lowest BCUT2D eigenvalue weighted by Gasteiger charge is -2.56. The fraction of sp³-hybridized carbons (Fsp3) is 0.710. The van der Waals surface area contributed by atoms with E-state index in [0.717, 1.165) is 131 Å². The van der Waals surface area contributed by atoms with Gasteiger partial charge in [-0.25, -0.2) is 24.5 Å². The van der Waals surface area contributed by atoms with Gasteiger partial charge < -0.3 is 43.7 Å². The van der Waals surface area contributed by atoms with Crippen molar-refractivity contribution in [2.75, 3.05) is 40.9 Å². The van der Waals surface area contributed by atoms with Gasteiger partial charge in [0.05, 0.1) is 39.0 Å². The van der Waals surface area contributed by atoms with Crippen molar-refractivity contribution in [3.63, 3.8) is 0 Å². The van der Waals surface area contributed by atoms with Crippen LogP contribution in [0.1, 0.15) is 264 Å². The maximum absolute atomic E-state index is 14.0. The summed E-state index contributed by atoms with van der Waals surface area (Å²) in [6.07, 6.45) is 43.8. The lowest BCUT2D eigenvalue weighted by atomic mass is 9.64. The van der Waals surface area contributed by atoms with Crippen LogP contribution in [0.4, 0.5) is 17.5 Å². The zero-order valence-corrected chi connectivity index (χ0v) is 68.0. The Labute approximate surface area is 672 Å². The van der Waals surface area contributed by atoms with Crippen molar-refractivity contribution in [2.24, 2.45) is 59.2 Å². The van der Waals surface area contributed by atoms with Gasteiger partial charge >= 0.3 is 17.9 Å². The van der Waals surface area contributed by atoms with Crippen LogP contribution in [0.3, 0.4) is 0 Å². The summed E-state index contributed by atoms with van der Waals surface area (Å²) in [5, 5.41) is 28.7. The van der Waals surface area contributed by atoms with Crippen molar-refractivity contribution in [3.8, 4) is 0 Å². The molecule has 3 aromatic carbocycles. The second kappa shape index (κ2) is 31.9. The first kappa shape index (κ1) is 76.7. The first-order chi connectivity index (χ1) is 55.5. The Bertz CT molecular complexity index is 4470. The van der Waals surface area contributed by atoms with Gasteiger partial charge in [0, 0.05) is 98.7 Å². The number of nitrogens with zero attached hydrogens (tertiary/aromatic N) is 12. The lowest BCUT2D eigenvalue weighted by molar-refractivity contribution is -0.143. The normalized spacial score (nSPS) is 36.7. The highest BCUT2D eigenvalue weighted by molar-refractivity contribution is 5.84. The number of piperidine rings is 6. The van der Waals surface area contributed by atoms with Crippen LogP contribution in [0.2, 0.25) is 0 Å². The molecule has 0 radical (unpaired) electrons. The molecule has 6 aliphatic carbocycles. The topological polar surface area (TPSA) is 236 Å². The third kappa shape index (κ3) is 14.4. The highest BCUT2D eigenvalue weighted by Gasteiger charge is 2.52. The highest BCUT2D eigenvalue weighted by atomic mass is 16.4. The fourth-order valence-corrected chi connectivity index (χ4v) is 27.9. The number of hydrogen-bond donors (Lipinski definition) is 3. The summed E-state index contributed by atoms with van der Waals surface area (Å²) >= 11 is 0. The van der Waals surface area contributed by atoms with E-state index < -0.39 is 35.9 Å². The molecule has 0 spiro atoms. The summed E-state index contributed by atoms with van der Waals surface area (Å²) in [5.74, 6) is 6.40. The summed E-state index contributed by atoms with van der Waals surface area (Å²) < 4.78 is 6.08. The molecule has 21 nitrogen and oxygen atoms in total. The second-order valence-electron chi connectivity index (χ2n) is 39.4. The van der Waals surface area contributed by atoms with E-state index in [1.54, 1.807) is 9.80 Å². The van der Waals surface area contributed by atoms with E-state index >= 15 is 0 Å². The molecular formula is C93H126N12O9. The smallest absolute Gasteiger partial charge is 0.326 e. The number of aromatic nitrogens is 6. The number of benzene rings is 3. The summed E-state index contributed by atoms with van der Waals surface area (Å²) in [6, 6.07) is 28.4. The summed E-state index contributed by atoms with van der Waals surface area (Å²) in [6.45, 7) is 9.00. The van der Waals surface area contributed by atoms with Gasteiger partial charge in [0.2, 0.25) is 0 Å². The summed E-state index contributed by atoms with van der Waals surface area (Å²) in [7, 11) is 0. The molecule has 12 heterocycles. The molecule has 21 rings (SSSR count). The first-order valence-corrected chi connectivity index (χ1v) is 45.8. The molecule has 12 bridgehead atoms. The standard InChI is InChI=1S/3C31H42N4O3/c1-2-19-10-20-12-21(11-19)14-25(13-20)34-23-6-5-7-24(34)16-26(15-23)35-28-9-4-3-8-27(28)32-29(30(35)36)33-17-22(18-33)31(37)38;2*1-2-19-12-20-14-21(13-19)16-24(15-20)34-22-6-5-7-23(34)18-25(17-22)35-27-9-4-3-8-26(27)32-29(30(35)36)33-11-10-28(33)31(37)38/h3-4,8-9,19-26H,2,5-7,10-18H2,1H3,(H,37,38);2*3-4,8-9,19-25,28H,2,5-7,10-18H2,1H3,(H,37,38)/t19?,20-,21+,23-,24+,25?,26?;2*19?,20-,21+,22-,23+,24?,25?,28-/m.10/s1. The van der Waals surface area contributed by atoms with Gasteiger partial charge in [-0.2, -0.15) is 0 Å². The molecule has 0 amide bonds. The van der Waals surface area contributed by atoms with Crippen molar-refractivity contribution in [2.45, 2.75) is 330 Å². The molecule has 3 N–H and O–H groups in total. The maximum atomic E-state index is 14.0.